The van der Waals surface area contributed by atoms with Crippen LogP contribution in [0.4, 0.5) is 0 Å². The fourth-order valence-electron chi connectivity index (χ4n) is 2.32. The van der Waals surface area contributed by atoms with Gasteiger partial charge in [-0.3, -0.25) is 0 Å². The molecule has 0 saturated carbocycles. The first-order chi connectivity index (χ1) is 6.45. The molecule has 2 bridgehead atoms. The molecular formula is C11H20N2. The summed E-state index contributed by atoms with van der Waals surface area (Å²) >= 11 is 0. The smallest absolute Gasteiger partial charge is 0.0134 e. The van der Waals surface area contributed by atoms with Gasteiger partial charge in [-0.05, 0) is 38.6 Å². The number of hydrogen-bond acceptors (Lipinski definition) is 2. The molecule has 0 aromatic carbocycles. The van der Waals surface area contributed by atoms with Gasteiger partial charge in [0.1, 0.15) is 0 Å². The summed E-state index contributed by atoms with van der Waals surface area (Å²) in [5.41, 5.74) is 0. The Kier molecular flexibility index (Phi) is 3.39. The lowest BCUT2D eigenvalue weighted by atomic mass is 10.1. The predicted octanol–water partition coefficient (Wildman–Crippen LogP) is 1.44. The van der Waals surface area contributed by atoms with Gasteiger partial charge in [0.25, 0.3) is 0 Å². The molecule has 0 radical (unpaired) electrons. The van der Waals surface area contributed by atoms with E-state index >= 15 is 0 Å². The van der Waals surface area contributed by atoms with E-state index in [1.165, 1.54) is 38.6 Å². The minimum atomic E-state index is 0.763. The monoisotopic (exact) mass is 180 g/mol. The summed E-state index contributed by atoms with van der Waals surface area (Å²) in [5, 5.41) is 7.14. The van der Waals surface area contributed by atoms with E-state index in [1.807, 2.05) is 0 Å². The molecule has 0 aromatic rings. The predicted molar refractivity (Wildman–Crippen MR) is 55.8 cm³/mol. The number of hydrogen-bond donors (Lipinski definition) is 2. The second-order valence-corrected chi connectivity index (χ2v) is 4.19. The topological polar surface area (TPSA) is 24.1 Å². The third-order valence-corrected chi connectivity index (χ3v) is 3.09. The van der Waals surface area contributed by atoms with Crippen molar-refractivity contribution in [1.82, 2.24) is 10.6 Å². The highest BCUT2D eigenvalue weighted by Crippen LogP contribution is 2.18. The Labute approximate surface area is 80.8 Å². The molecule has 1 saturated heterocycles. The maximum absolute atomic E-state index is 3.71. The van der Waals surface area contributed by atoms with Crippen LogP contribution in [0.2, 0.25) is 0 Å². The van der Waals surface area contributed by atoms with Crippen LogP contribution < -0.4 is 10.6 Å². The molecule has 2 rings (SSSR count). The van der Waals surface area contributed by atoms with Gasteiger partial charge in [0.15, 0.2) is 0 Å². The Balaban J connectivity index is 1.87. The first-order valence-corrected chi connectivity index (χ1v) is 5.57. The largest absolute Gasteiger partial charge is 0.313 e. The standard InChI is InChI=1S/C11H20N2/c1-2-8-12-9-3-5-11-7-6-10(4-1)13-11/h1-2,10-13H,3-9H2/t10?,11-/m1/s1. The molecule has 0 amide bonds. The second-order valence-electron chi connectivity index (χ2n) is 4.19. The SMILES string of the molecule is C1=CCC2CC[C@@H](CCCNC1)N2. The molecule has 1 unspecified atom stereocenters. The number of rotatable bonds is 0. The lowest BCUT2D eigenvalue weighted by Gasteiger charge is -2.12. The van der Waals surface area contributed by atoms with E-state index < -0.39 is 0 Å². The Hall–Kier alpha value is -0.340. The Morgan fingerprint density at radius 2 is 1.92 bits per heavy atom. The first kappa shape index (κ1) is 9.22. The van der Waals surface area contributed by atoms with Crippen molar-refractivity contribution in [3.05, 3.63) is 12.2 Å². The molecule has 13 heavy (non-hydrogen) atoms. The van der Waals surface area contributed by atoms with Gasteiger partial charge in [-0.15, -0.1) is 0 Å². The summed E-state index contributed by atoms with van der Waals surface area (Å²) in [7, 11) is 0. The van der Waals surface area contributed by atoms with Gasteiger partial charge in [-0.2, -0.15) is 0 Å². The lowest BCUT2D eigenvalue weighted by Crippen LogP contribution is -2.29. The zero-order chi connectivity index (χ0) is 8.93. The fraction of sp³-hybridized carbons (Fsp3) is 0.818. The van der Waals surface area contributed by atoms with E-state index in [4.69, 9.17) is 0 Å². The van der Waals surface area contributed by atoms with E-state index in [0.29, 0.717) is 0 Å². The maximum atomic E-state index is 3.71. The Morgan fingerprint density at radius 3 is 2.92 bits per heavy atom. The minimum Gasteiger partial charge on any atom is -0.313 e. The van der Waals surface area contributed by atoms with Crippen molar-refractivity contribution in [1.29, 1.82) is 0 Å². The van der Waals surface area contributed by atoms with Crippen LogP contribution in [-0.2, 0) is 0 Å². The van der Waals surface area contributed by atoms with E-state index in [1.54, 1.807) is 0 Å². The Morgan fingerprint density at radius 1 is 1.00 bits per heavy atom. The lowest BCUT2D eigenvalue weighted by molar-refractivity contribution is 0.494. The van der Waals surface area contributed by atoms with E-state index in [9.17, 15) is 0 Å². The molecule has 2 heteroatoms. The highest BCUT2D eigenvalue weighted by atomic mass is 15.0. The molecule has 2 N–H and O–H groups in total. The molecule has 2 aliphatic heterocycles. The average Bonchev–Trinajstić information content (AvgIpc) is 2.52. The molecule has 2 nitrogen and oxygen atoms in total. The van der Waals surface area contributed by atoms with Crippen molar-refractivity contribution in [3.63, 3.8) is 0 Å². The summed E-state index contributed by atoms with van der Waals surface area (Å²) in [6.07, 6.45) is 11.2. The van der Waals surface area contributed by atoms with Crippen molar-refractivity contribution in [3.8, 4) is 0 Å². The van der Waals surface area contributed by atoms with Gasteiger partial charge >= 0.3 is 0 Å². The minimum absolute atomic E-state index is 0.763. The molecule has 2 heterocycles. The zero-order valence-corrected chi connectivity index (χ0v) is 8.26. The third kappa shape index (κ3) is 2.82. The molecule has 74 valence electrons. The van der Waals surface area contributed by atoms with Crippen LogP contribution >= 0.6 is 0 Å². The third-order valence-electron chi connectivity index (χ3n) is 3.09. The van der Waals surface area contributed by atoms with Crippen LogP contribution in [0, 0.1) is 0 Å². The van der Waals surface area contributed by atoms with Gasteiger partial charge in [0.05, 0.1) is 0 Å². The average molecular weight is 180 g/mol. The molecule has 0 aromatic heterocycles. The van der Waals surface area contributed by atoms with Gasteiger partial charge in [0, 0.05) is 18.6 Å². The van der Waals surface area contributed by atoms with Gasteiger partial charge in [-0.1, -0.05) is 12.2 Å². The van der Waals surface area contributed by atoms with Crippen LogP contribution in [0.1, 0.15) is 32.1 Å². The van der Waals surface area contributed by atoms with Crippen molar-refractivity contribution >= 4 is 0 Å². The quantitative estimate of drug-likeness (QED) is 0.551. The highest BCUT2D eigenvalue weighted by molar-refractivity contribution is 4.93. The van der Waals surface area contributed by atoms with E-state index in [0.717, 1.165) is 18.6 Å². The van der Waals surface area contributed by atoms with Crippen molar-refractivity contribution in [2.24, 2.45) is 0 Å². The second kappa shape index (κ2) is 4.77. The summed E-state index contributed by atoms with van der Waals surface area (Å²) in [6, 6.07) is 1.57. The summed E-state index contributed by atoms with van der Waals surface area (Å²) < 4.78 is 0. The van der Waals surface area contributed by atoms with Crippen molar-refractivity contribution in [2.75, 3.05) is 13.1 Å². The van der Waals surface area contributed by atoms with E-state index in [2.05, 4.69) is 22.8 Å². The zero-order valence-electron chi connectivity index (χ0n) is 8.26. The normalized spacial score (nSPS) is 35.7. The van der Waals surface area contributed by atoms with Gasteiger partial charge in [0.2, 0.25) is 0 Å². The summed E-state index contributed by atoms with van der Waals surface area (Å²) in [5.74, 6) is 0. The van der Waals surface area contributed by atoms with Gasteiger partial charge < -0.3 is 10.6 Å². The Bertz CT molecular complexity index is 177. The molecule has 0 aliphatic carbocycles. The summed E-state index contributed by atoms with van der Waals surface area (Å²) in [4.78, 5) is 0. The molecular weight excluding hydrogens is 160 g/mol. The molecule has 2 atom stereocenters. The van der Waals surface area contributed by atoms with Crippen LogP contribution in [0.25, 0.3) is 0 Å². The van der Waals surface area contributed by atoms with Crippen LogP contribution in [0.3, 0.4) is 0 Å². The molecule has 0 spiro atoms. The van der Waals surface area contributed by atoms with Crippen LogP contribution in [0.15, 0.2) is 12.2 Å². The van der Waals surface area contributed by atoms with Crippen LogP contribution in [0.5, 0.6) is 0 Å². The molecule has 2 aliphatic rings. The van der Waals surface area contributed by atoms with Gasteiger partial charge in [-0.25, -0.2) is 0 Å². The van der Waals surface area contributed by atoms with E-state index in [-0.39, 0.29) is 0 Å². The van der Waals surface area contributed by atoms with Crippen molar-refractivity contribution < 1.29 is 0 Å². The summed E-state index contributed by atoms with van der Waals surface area (Å²) in [6.45, 7) is 2.23. The molecule has 1 fully saturated rings. The maximum Gasteiger partial charge on any atom is 0.0134 e. The number of nitrogens with one attached hydrogen (secondary N) is 2. The van der Waals surface area contributed by atoms with Crippen LogP contribution in [-0.4, -0.2) is 25.2 Å². The fourth-order valence-corrected chi connectivity index (χ4v) is 2.32. The number of fused-ring (bicyclic) bond motifs is 2. The highest BCUT2D eigenvalue weighted by Gasteiger charge is 2.21. The van der Waals surface area contributed by atoms with Crippen molar-refractivity contribution in [2.45, 2.75) is 44.2 Å². The first-order valence-electron chi connectivity index (χ1n) is 5.57.